The lowest BCUT2D eigenvalue weighted by molar-refractivity contribution is 0.0797. The van der Waals surface area contributed by atoms with Crippen LogP contribution in [0.25, 0.3) is 5.69 Å². The van der Waals surface area contributed by atoms with Crippen molar-refractivity contribution in [3.05, 3.63) is 40.3 Å². The molecule has 1 amide bonds. The molecule has 0 aliphatic rings. The van der Waals surface area contributed by atoms with Crippen molar-refractivity contribution in [3.63, 3.8) is 0 Å². The van der Waals surface area contributed by atoms with E-state index in [2.05, 4.69) is 5.10 Å². The molecule has 0 spiro atoms. The van der Waals surface area contributed by atoms with Crippen LogP contribution in [0, 0.1) is 0 Å². The van der Waals surface area contributed by atoms with Crippen LogP contribution in [-0.2, 0) is 30.4 Å². The molecule has 166 valence electrons. The summed E-state index contributed by atoms with van der Waals surface area (Å²) >= 11 is 0. The number of hydrogen-bond acceptors (Lipinski definition) is 8. The van der Waals surface area contributed by atoms with Gasteiger partial charge in [-0.15, -0.1) is 0 Å². The highest BCUT2D eigenvalue weighted by molar-refractivity contribution is 7.86. The largest absolute Gasteiger partial charge is 0.339 e. The molecule has 0 atom stereocenters. The first-order valence-corrected chi connectivity index (χ1v) is 12.1. The Morgan fingerprint density at radius 2 is 1.63 bits per heavy atom. The van der Waals surface area contributed by atoms with Crippen molar-refractivity contribution < 1.29 is 43.7 Å². The zero-order chi connectivity index (χ0) is 23.1. The van der Waals surface area contributed by atoms with Gasteiger partial charge in [-0.2, -0.15) is 25.3 Å². The Labute approximate surface area is 170 Å². The third kappa shape index (κ3) is 5.52. The number of aromatic nitrogens is 2. The minimum Gasteiger partial charge on any atom is -0.339 e. The number of nitrogens with zero attached hydrogens (tertiary/aromatic N) is 2. The summed E-state index contributed by atoms with van der Waals surface area (Å²) in [6.45, 7) is -0.445. The maximum absolute atomic E-state index is 12.3. The number of aromatic amines is 1. The Morgan fingerprint density at radius 1 is 1.03 bits per heavy atom. The van der Waals surface area contributed by atoms with E-state index in [4.69, 9.17) is 9.11 Å². The van der Waals surface area contributed by atoms with Crippen LogP contribution in [0.5, 0.6) is 0 Å². The number of rotatable bonds is 7. The molecule has 4 N–H and O–H groups in total. The number of amides is 1. The highest BCUT2D eigenvalue weighted by atomic mass is 32.2. The highest BCUT2D eigenvalue weighted by Gasteiger charge is 2.24. The first-order valence-electron chi connectivity index (χ1n) is 7.63. The van der Waals surface area contributed by atoms with Gasteiger partial charge in [-0.25, -0.2) is 4.68 Å². The fourth-order valence-corrected chi connectivity index (χ4v) is 3.95. The average Bonchev–Trinajstić information content (AvgIpc) is 2.98. The summed E-state index contributed by atoms with van der Waals surface area (Å²) in [6.07, 6.45) is 0. The van der Waals surface area contributed by atoms with Crippen molar-refractivity contribution in [1.82, 2.24) is 14.7 Å². The molecule has 0 unspecified atom stereocenters. The third-order valence-corrected chi connectivity index (χ3v) is 6.18. The van der Waals surface area contributed by atoms with E-state index in [1.807, 2.05) is 0 Å². The molecule has 0 aliphatic carbocycles. The van der Waals surface area contributed by atoms with Gasteiger partial charge in [0.1, 0.15) is 10.6 Å². The van der Waals surface area contributed by atoms with Gasteiger partial charge in [0.15, 0.2) is 0 Å². The highest BCUT2D eigenvalue weighted by Crippen LogP contribution is 2.22. The molecule has 0 saturated heterocycles. The maximum Gasteiger partial charge on any atom is 0.296 e. The summed E-state index contributed by atoms with van der Waals surface area (Å²) in [5.74, 6) is -1.71. The first kappa shape index (κ1) is 23.7. The predicted molar refractivity (Wildman–Crippen MR) is 99.4 cm³/mol. The van der Waals surface area contributed by atoms with Gasteiger partial charge in [-0.1, -0.05) is 0 Å². The van der Waals surface area contributed by atoms with Gasteiger partial charge < -0.3 is 4.90 Å². The van der Waals surface area contributed by atoms with Crippen molar-refractivity contribution in [2.75, 3.05) is 19.3 Å². The van der Waals surface area contributed by atoms with Crippen LogP contribution in [0.3, 0.4) is 0 Å². The molecule has 14 nitrogen and oxygen atoms in total. The van der Waals surface area contributed by atoms with Crippen molar-refractivity contribution in [1.29, 1.82) is 0 Å². The SMILES string of the molecule is CN(CCS(=O)(=O)O)C(=O)c1cc(=O)n(-c2cc(S(=O)(=O)O)ccc2S(=O)(=O)O)[nH]1. The van der Waals surface area contributed by atoms with Crippen molar-refractivity contribution in [3.8, 4) is 5.69 Å². The summed E-state index contributed by atoms with van der Waals surface area (Å²) < 4.78 is 95.1. The van der Waals surface area contributed by atoms with Crippen LogP contribution >= 0.6 is 0 Å². The van der Waals surface area contributed by atoms with Gasteiger partial charge in [0.2, 0.25) is 0 Å². The molecule has 1 aromatic heterocycles. The summed E-state index contributed by atoms with van der Waals surface area (Å²) in [6, 6.07) is 2.58. The van der Waals surface area contributed by atoms with Crippen molar-refractivity contribution >= 4 is 36.3 Å². The molecule has 0 radical (unpaired) electrons. The number of carbonyl (C=O) groups is 1. The van der Waals surface area contributed by atoms with Crippen LogP contribution in [0.2, 0.25) is 0 Å². The average molecular weight is 485 g/mol. The first-order chi connectivity index (χ1) is 13.5. The normalized spacial score (nSPS) is 12.7. The molecule has 0 saturated carbocycles. The van der Waals surface area contributed by atoms with E-state index < -0.39 is 75.3 Å². The van der Waals surface area contributed by atoms with Gasteiger partial charge in [0.25, 0.3) is 41.8 Å². The molecule has 0 aliphatic heterocycles. The molecule has 2 rings (SSSR count). The van der Waals surface area contributed by atoms with Crippen molar-refractivity contribution in [2.24, 2.45) is 0 Å². The maximum atomic E-state index is 12.3. The van der Waals surface area contributed by atoms with E-state index in [1.165, 1.54) is 0 Å². The van der Waals surface area contributed by atoms with Crippen molar-refractivity contribution in [2.45, 2.75) is 9.79 Å². The number of hydrogen-bond donors (Lipinski definition) is 4. The lowest BCUT2D eigenvalue weighted by Gasteiger charge is -2.15. The van der Waals surface area contributed by atoms with Gasteiger partial charge in [-0.3, -0.25) is 28.3 Å². The zero-order valence-corrected chi connectivity index (χ0v) is 17.4. The Morgan fingerprint density at radius 3 is 2.13 bits per heavy atom. The van der Waals surface area contributed by atoms with E-state index >= 15 is 0 Å². The molecule has 0 bridgehead atoms. The number of H-pyrrole nitrogens is 1. The van der Waals surface area contributed by atoms with Crippen LogP contribution in [-0.4, -0.2) is 78.8 Å². The number of benzene rings is 1. The molecule has 1 heterocycles. The summed E-state index contributed by atoms with van der Waals surface area (Å²) in [4.78, 5) is 23.7. The topological polar surface area (TPSA) is 221 Å². The third-order valence-electron chi connectivity index (χ3n) is 3.73. The second-order valence-electron chi connectivity index (χ2n) is 5.94. The monoisotopic (exact) mass is 485 g/mol. The van der Waals surface area contributed by atoms with E-state index in [1.54, 1.807) is 0 Å². The zero-order valence-electron chi connectivity index (χ0n) is 15.0. The van der Waals surface area contributed by atoms with Crippen LogP contribution in [0.15, 0.2) is 38.9 Å². The summed E-state index contributed by atoms with van der Waals surface area (Å²) in [5.41, 5.74) is -2.20. The number of nitrogens with one attached hydrogen (secondary N) is 1. The predicted octanol–water partition coefficient (Wildman–Crippen LogP) is -1.38. The van der Waals surface area contributed by atoms with Crippen LogP contribution in [0.4, 0.5) is 0 Å². The fraction of sp³-hybridized carbons (Fsp3) is 0.231. The minimum absolute atomic E-state index is 0.432. The fourth-order valence-electron chi connectivity index (χ4n) is 2.29. The van der Waals surface area contributed by atoms with Gasteiger partial charge in [0.05, 0.1) is 16.3 Å². The second-order valence-corrected chi connectivity index (χ2v) is 10.3. The molecule has 1 aromatic carbocycles. The molecule has 30 heavy (non-hydrogen) atoms. The quantitative estimate of drug-likeness (QED) is 0.334. The standard InChI is InChI=1S/C13H15N3O11S3/c1-15(4-5-28(19,20)21)13(18)9-7-12(17)16(14-9)10-6-8(29(22,23)24)2-3-11(10)30(25,26)27/h2-3,6-7,14H,4-5H2,1H3,(H,19,20,21)(H,22,23,24)(H,25,26,27). The lowest BCUT2D eigenvalue weighted by Crippen LogP contribution is -2.31. The Balaban J connectivity index is 2.58. The van der Waals surface area contributed by atoms with E-state index in [-0.39, 0.29) is 0 Å². The minimum atomic E-state index is -4.96. The van der Waals surface area contributed by atoms with Gasteiger partial charge in [-0.05, 0) is 18.2 Å². The van der Waals surface area contributed by atoms with E-state index in [0.717, 1.165) is 11.9 Å². The lowest BCUT2D eigenvalue weighted by atomic mass is 10.3. The van der Waals surface area contributed by atoms with Gasteiger partial charge in [0, 0.05) is 19.7 Å². The van der Waals surface area contributed by atoms with Crippen LogP contribution < -0.4 is 5.56 Å². The second kappa shape index (κ2) is 7.93. The summed E-state index contributed by atoms with van der Waals surface area (Å²) in [7, 11) is -13.0. The molecular weight excluding hydrogens is 470 g/mol. The smallest absolute Gasteiger partial charge is 0.296 e. The van der Waals surface area contributed by atoms with Crippen LogP contribution in [0.1, 0.15) is 10.5 Å². The Kier molecular flexibility index (Phi) is 6.27. The molecule has 0 fully saturated rings. The Bertz CT molecular complexity index is 1370. The number of carbonyl (C=O) groups excluding carboxylic acids is 1. The van der Waals surface area contributed by atoms with E-state index in [9.17, 15) is 39.4 Å². The molecule has 17 heteroatoms. The Hall–Kier alpha value is -2.57. The molecule has 2 aromatic rings. The summed E-state index contributed by atoms with van der Waals surface area (Å²) in [5, 5.41) is 2.22. The van der Waals surface area contributed by atoms with Gasteiger partial charge >= 0.3 is 0 Å². The molecular formula is C13H15N3O11S3. The van der Waals surface area contributed by atoms with E-state index in [0.29, 0.717) is 28.9 Å².